The molecule has 0 atom stereocenters. The molecule has 0 aliphatic carbocycles. The molecule has 166 valence electrons. The van der Waals surface area contributed by atoms with Crippen LogP contribution in [0.1, 0.15) is 32.3 Å². The van der Waals surface area contributed by atoms with E-state index in [-0.39, 0.29) is 5.92 Å². The van der Waals surface area contributed by atoms with Crippen LogP contribution in [0.2, 0.25) is 0 Å². The molecule has 0 N–H and O–H groups in total. The molecule has 0 amide bonds. The Morgan fingerprint density at radius 1 is 1.16 bits per heavy atom. The predicted octanol–water partition coefficient (Wildman–Crippen LogP) is 4.62. The van der Waals surface area contributed by atoms with E-state index in [1.54, 1.807) is 16.4 Å². The summed E-state index contributed by atoms with van der Waals surface area (Å²) in [4.78, 5) is 0.300. The van der Waals surface area contributed by atoms with Gasteiger partial charge in [-0.1, -0.05) is 32.0 Å². The Labute approximate surface area is 184 Å². The molecule has 6 nitrogen and oxygen atoms in total. The zero-order valence-corrected chi connectivity index (χ0v) is 19.3. The lowest BCUT2D eigenvalue weighted by molar-refractivity contribution is 0.0602. The fourth-order valence-electron chi connectivity index (χ4n) is 4.13. The first-order valence-corrected chi connectivity index (χ1v) is 12.4. The average molecular weight is 442 g/mol. The van der Waals surface area contributed by atoms with Crippen molar-refractivity contribution in [1.82, 2.24) is 9.78 Å². The molecule has 0 bridgehead atoms. The first-order valence-electron chi connectivity index (χ1n) is 11.0. The summed E-state index contributed by atoms with van der Waals surface area (Å²) in [5.74, 6) is 0.745. The second-order valence-electron chi connectivity index (χ2n) is 8.84. The largest absolute Gasteiger partial charge is 0.381 e. The highest BCUT2D eigenvalue weighted by Gasteiger charge is 2.27. The Morgan fingerprint density at radius 3 is 2.61 bits per heavy atom. The lowest BCUT2D eigenvalue weighted by Crippen LogP contribution is -2.34. The monoisotopic (exact) mass is 441 g/mol. The number of sulfonamides is 1. The quantitative estimate of drug-likeness (QED) is 0.537. The molecule has 0 spiro atoms. The number of hydrogen-bond donors (Lipinski definition) is 0. The van der Waals surface area contributed by atoms with Gasteiger partial charge in [0.2, 0.25) is 0 Å². The van der Waals surface area contributed by atoms with Gasteiger partial charge in [0, 0.05) is 37.9 Å². The topological polar surface area (TPSA) is 64.4 Å². The van der Waals surface area contributed by atoms with Gasteiger partial charge in [0.05, 0.1) is 16.1 Å². The SMILES string of the molecule is Cc1ccccc1N(CC(C)C)S(=O)(=O)c1ccc2nn(CC3CCOCC3)cc2c1. The first kappa shape index (κ1) is 21.8. The molecule has 1 aliphatic rings. The van der Waals surface area contributed by atoms with Gasteiger partial charge in [-0.25, -0.2) is 8.42 Å². The summed E-state index contributed by atoms with van der Waals surface area (Å²) < 4.78 is 36.3. The molecule has 1 fully saturated rings. The lowest BCUT2D eigenvalue weighted by Gasteiger charge is -2.27. The Bertz CT molecular complexity index is 1150. The molecular weight excluding hydrogens is 410 g/mol. The number of hydrogen-bond acceptors (Lipinski definition) is 4. The maximum Gasteiger partial charge on any atom is 0.264 e. The molecule has 0 saturated carbocycles. The molecule has 31 heavy (non-hydrogen) atoms. The van der Waals surface area contributed by atoms with Crippen molar-refractivity contribution in [2.45, 2.75) is 45.1 Å². The van der Waals surface area contributed by atoms with Crippen molar-refractivity contribution < 1.29 is 13.2 Å². The molecule has 7 heteroatoms. The second kappa shape index (κ2) is 9.01. The van der Waals surface area contributed by atoms with Crippen LogP contribution in [0.15, 0.2) is 53.6 Å². The number of ether oxygens (including phenoxy) is 1. The number of fused-ring (bicyclic) bond motifs is 1. The summed E-state index contributed by atoms with van der Waals surface area (Å²) in [5.41, 5.74) is 2.49. The molecule has 2 heterocycles. The van der Waals surface area contributed by atoms with Crippen LogP contribution in [0.3, 0.4) is 0 Å². The van der Waals surface area contributed by atoms with Gasteiger partial charge >= 0.3 is 0 Å². The van der Waals surface area contributed by atoms with Crippen molar-refractivity contribution in [2.75, 3.05) is 24.1 Å². The van der Waals surface area contributed by atoms with Crippen molar-refractivity contribution in [3.63, 3.8) is 0 Å². The molecule has 3 aromatic rings. The number of anilines is 1. The number of nitrogens with zero attached hydrogens (tertiary/aromatic N) is 3. The number of aromatic nitrogens is 2. The first-order chi connectivity index (χ1) is 14.8. The highest BCUT2D eigenvalue weighted by molar-refractivity contribution is 7.92. The van der Waals surface area contributed by atoms with E-state index in [1.807, 2.05) is 62.0 Å². The smallest absolute Gasteiger partial charge is 0.264 e. The highest BCUT2D eigenvalue weighted by Crippen LogP contribution is 2.29. The van der Waals surface area contributed by atoms with Crippen LogP contribution < -0.4 is 4.31 Å². The summed E-state index contributed by atoms with van der Waals surface area (Å²) in [6.45, 7) is 8.88. The van der Waals surface area contributed by atoms with Gasteiger partial charge in [-0.3, -0.25) is 8.99 Å². The zero-order chi connectivity index (χ0) is 22.0. The van der Waals surface area contributed by atoms with Crippen LogP contribution in [0.5, 0.6) is 0 Å². The van der Waals surface area contributed by atoms with Gasteiger partial charge in [0.15, 0.2) is 0 Å². The van der Waals surface area contributed by atoms with Crippen LogP contribution in [0, 0.1) is 18.8 Å². The van der Waals surface area contributed by atoms with Gasteiger partial charge in [0.1, 0.15) is 0 Å². The summed E-state index contributed by atoms with van der Waals surface area (Å²) >= 11 is 0. The second-order valence-corrected chi connectivity index (χ2v) is 10.7. The van der Waals surface area contributed by atoms with Gasteiger partial charge in [-0.15, -0.1) is 0 Å². The van der Waals surface area contributed by atoms with E-state index in [9.17, 15) is 8.42 Å². The van der Waals surface area contributed by atoms with E-state index < -0.39 is 10.0 Å². The van der Waals surface area contributed by atoms with Crippen LogP contribution in [0.25, 0.3) is 10.9 Å². The minimum absolute atomic E-state index is 0.195. The third-order valence-electron chi connectivity index (χ3n) is 5.81. The molecule has 4 rings (SSSR count). The molecule has 0 unspecified atom stereocenters. The van der Waals surface area contributed by atoms with E-state index >= 15 is 0 Å². The minimum Gasteiger partial charge on any atom is -0.381 e. The van der Waals surface area contributed by atoms with E-state index in [2.05, 4.69) is 5.10 Å². The Balaban J connectivity index is 1.67. The van der Waals surface area contributed by atoms with Gasteiger partial charge in [-0.05, 0) is 61.4 Å². The standard InChI is InChI=1S/C24H31N3O3S/c1-18(2)15-27(24-7-5-4-6-19(24)3)31(28,29)22-8-9-23-21(14-22)17-26(25-23)16-20-10-12-30-13-11-20/h4-9,14,17-18,20H,10-13,15-16H2,1-3H3. The third-order valence-corrected chi connectivity index (χ3v) is 7.59. The van der Waals surface area contributed by atoms with Crippen molar-refractivity contribution in [1.29, 1.82) is 0 Å². The summed E-state index contributed by atoms with van der Waals surface area (Å²) in [5, 5.41) is 5.51. The zero-order valence-electron chi connectivity index (χ0n) is 18.5. The van der Waals surface area contributed by atoms with Crippen LogP contribution in [-0.2, 0) is 21.3 Å². The summed E-state index contributed by atoms with van der Waals surface area (Å²) in [6.07, 6.45) is 4.04. The maximum absolute atomic E-state index is 13.7. The van der Waals surface area contributed by atoms with E-state index in [1.165, 1.54) is 0 Å². The average Bonchev–Trinajstić information content (AvgIpc) is 3.14. The molecule has 1 aromatic heterocycles. The Morgan fingerprint density at radius 2 is 1.90 bits per heavy atom. The summed E-state index contributed by atoms with van der Waals surface area (Å²) in [7, 11) is -3.70. The van der Waals surface area contributed by atoms with E-state index in [4.69, 9.17) is 4.74 Å². The number of rotatable bonds is 7. The third kappa shape index (κ3) is 4.77. The van der Waals surface area contributed by atoms with Crippen molar-refractivity contribution in [3.05, 3.63) is 54.2 Å². The molecular formula is C24H31N3O3S. The number of para-hydroxylation sites is 1. The van der Waals surface area contributed by atoms with E-state index in [0.717, 1.165) is 54.8 Å². The maximum atomic E-state index is 13.7. The minimum atomic E-state index is -3.70. The molecule has 1 saturated heterocycles. The van der Waals surface area contributed by atoms with Crippen LogP contribution >= 0.6 is 0 Å². The molecule has 1 aliphatic heterocycles. The van der Waals surface area contributed by atoms with Crippen LogP contribution in [-0.4, -0.2) is 38.0 Å². The molecule has 2 aromatic carbocycles. The van der Waals surface area contributed by atoms with Crippen molar-refractivity contribution in [2.24, 2.45) is 11.8 Å². The molecule has 0 radical (unpaired) electrons. The highest BCUT2D eigenvalue weighted by atomic mass is 32.2. The van der Waals surface area contributed by atoms with Crippen LogP contribution in [0.4, 0.5) is 5.69 Å². The predicted molar refractivity (Wildman–Crippen MR) is 124 cm³/mol. The Kier molecular flexibility index (Phi) is 6.34. The van der Waals surface area contributed by atoms with Crippen molar-refractivity contribution >= 4 is 26.6 Å². The van der Waals surface area contributed by atoms with E-state index in [0.29, 0.717) is 17.4 Å². The van der Waals surface area contributed by atoms with Gasteiger partial charge < -0.3 is 4.74 Å². The Hall–Kier alpha value is -2.38. The van der Waals surface area contributed by atoms with Gasteiger partial charge in [-0.2, -0.15) is 5.10 Å². The van der Waals surface area contributed by atoms with Crippen molar-refractivity contribution in [3.8, 4) is 0 Å². The lowest BCUT2D eigenvalue weighted by atomic mass is 10.0. The summed E-state index contributed by atoms with van der Waals surface area (Å²) in [6, 6.07) is 12.9. The normalized spacial score (nSPS) is 15.6. The van der Waals surface area contributed by atoms with Gasteiger partial charge in [0.25, 0.3) is 10.0 Å². The fourth-order valence-corrected chi connectivity index (χ4v) is 5.86. The number of benzene rings is 2. The number of aryl methyl sites for hydroxylation is 1. The fraction of sp³-hybridized carbons (Fsp3) is 0.458.